The van der Waals surface area contributed by atoms with Crippen LogP contribution in [0.25, 0.3) is 0 Å². The molecule has 3 saturated heterocycles. The van der Waals surface area contributed by atoms with E-state index in [0.29, 0.717) is 38.1 Å². The van der Waals surface area contributed by atoms with Gasteiger partial charge in [0.15, 0.2) is 4.90 Å². The summed E-state index contributed by atoms with van der Waals surface area (Å²) in [6.45, 7) is 7.16. The van der Waals surface area contributed by atoms with Gasteiger partial charge in [-0.1, -0.05) is 20.8 Å². The molecule has 0 unspecified atom stereocenters. The smallest absolute Gasteiger partial charge is 0.330 e. The fraction of sp³-hybridized carbons (Fsp3) is 0.778. The summed E-state index contributed by atoms with van der Waals surface area (Å²) in [4.78, 5) is 52.7. The molecule has 11 nitrogen and oxygen atoms in total. The first kappa shape index (κ1) is 29.5. The standard InChI is InChI=1S/C27H43N5O6S/c1-17(2)21-10-9-18(3)11-25(34)32-14-19-12-20(22(32)7-6-8-24(33)28-21)15-31(13-19)39(37,38)23-16-29(4)27(36)30(5)26(23)35/h16-22H,6-15H2,1-5H3,(H,28,33)/t18-,19+,20+,21+,22+/m1/s1. The minimum absolute atomic E-state index is 0.0190. The van der Waals surface area contributed by atoms with Crippen molar-refractivity contribution in [3.8, 4) is 0 Å². The van der Waals surface area contributed by atoms with Gasteiger partial charge in [-0.3, -0.25) is 19.0 Å². The Kier molecular flexibility index (Phi) is 8.75. The van der Waals surface area contributed by atoms with Gasteiger partial charge in [-0.15, -0.1) is 0 Å². The van der Waals surface area contributed by atoms with Gasteiger partial charge in [-0.25, -0.2) is 13.2 Å². The predicted molar refractivity (Wildman–Crippen MR) is 146 cm³/mol. The van der Waals surface area contributed by atoms with Gasteiger partial charge in [-0.2, -0.15) is 4.31 Å². The lowest BCUT2D eigenvalue weighted by Gasteiger charge is -2.50. The zero-order valence-corrected chi connectivity index (χ0v) is 24.6. The normalized spacial score (nSPS) is 29.7. The van der Waals surface area contributed by atoms with E-state index in [1.165, 1.54) is 18.4 Å². The first-order chi connectivity index (χ1) is 18.3. The monoisotopic (exact) mass is 565 g/mol. The van der Waals surface area contributed by atoms with Crippen LogP contribution >= 0.6 is 0 Å². The van der Waals surface area contributed by atoms with Gasteiger partial charge in [-0.05, 0) is 55.8 Å². The number of piperidine rings is 2. The molecule has 218 valence electrons. The van der Waals surface area contributed by atoms with E-state index in [4.69, 9.17) is 0 Å². The van der Waals surface area contributed by atoms with E-state index < -0.39 is 26.2 Å². The molecule has 0 spiro atoms. The summed E-state index contributed by atoms with van der Waals surface area (Å²) in [5, 5.41) is 3.18. The average molecular weight is 566 g/mol. The van der Waals surface area contributed by atoms with Gasteiger partial charge in [0.1, 0.15) is 0 Å². The molecule has 0 aromatic carbocycles. The number of nitrogens with one attached hydrogen (secondary N) is 1. The maximum absolute atomic E-state index is 13.7. The van der Waals surface area contributed by atoms with Crippen molar-refractivity contribution in [1.82, 2.24) is 23.7 Å². The number of hydrogen-bond donors (Lipinski definition) is 1. The molecule has 0 radical (unpaired) electrons. The molecule has 2 amide bonds. The molecule has 1 aromatic rings. The third-order valence-corrected chi connectivity index (χ3v) is 10.7. The highest BCUT2D eigenvalue weighted by molar-refractivity contribution is 7.89. The van der Waals surface area contributed by atoms with Gasteiger partial charge < -0.3 is 14.8 Å². The first-order valence-corrected chi connectivity index (χ1v) is 15.6. The summed E-state index contributed by atoms with van der Waals surface area (Å²) < 4.78 is 30.6. The van der Waals surface area contributed by atoms with Crippen LogP contribution < -0.4 is 16.6 Å². The Morgan fingerprint density at radius 1 is 1.00 bits per heavy atom. The van der Waals surface area contributed by atoms with Crippen molar-refractivity contribution >= 4 is 21.8 Å². The minimum atomic E-state index is -4.15. The molecule has 1 N–H and O–H groups in total. The number of carbonyl (C=O) groups is 2. The largest absolute Gasteiger partial charge is 0.353 e. The number of fused-ring (bicyclic) bond motifs is 4. The quantitative estimate of drug-likeness (QED) is 0.583. The lowest BCUT2D eigenvalue weighted by molar-refractivity contribution is -0.141. The Morgan fingerprint density at radius 2 is 1.72 bits per heavy atom. The third-order valence-electron chi connectivity index (χ3n) is 8.84. The molecule has 3 aliphatic rings. The van der Waals surface area contributed by atoms with Crippen LogP contribution in [0.5, 0.6) is 0 Å². The van der Waals surface area contributed by atoms with Gasteiger partial charge in [0.2, 0.25) is 21.8 Å². The van der Waals surface area contributed by atoms with E-state index in [0.717, 1.165) is 34.6 Å². The van der Waals surface area contributed by atoms with Crippen LogP contribution in [0.4, 0.5) is 0 Å². The highest BCUT2D eigenvalue weighted by Gasteiger charge is 2.46. The number of nitrogens with zero attached hydrogens (tertiary/aromatic N) is 4. The fourth-order valence-corrected chi connectivity index (χ4v) is 8.27. The molecular weight excluding hydrogens is 522 g/mol. The fourth-order valence-electron chi connectivity index (χ4n) is 6.55. The Hall–Kier alpha value is -2.47. The number of rotatable bonds is 3. The van der Waals surface area contributed by atoms with Crippen molar-refractivity contribution < 1.29 is 18.0 Å². The van der Waals surface area contributed by atoms with Crippen molar-refractivity contribution in [2.24, 2.45) is 37.8 Å². The summed E-state index contributed by atoms with van der Waals surface area (Å²) >= 11 is 0. The van der Waals surface area contributed by atoms with Crippen LogP contribution in [0, 0.1) is 23.7 Å². The van der Waals surface area contributed by atoms with Crippen molar-refractivity contribution in [2.45, 2.75) is 82.7 Å². The SMILES string of the molecule is CC(C)[C@@H]1CC[C@@H](C)CC(=O)N2C[C@H]3C[C@@H](CN(S(=O)(=O)c4cn(C)c(=O)n(C)c4=O)C3)[C@@H]2CCCC(=O)N1. The van der Waals surface area contributed by atoms with E-state index in [2.05, 4.69) is 26.1 Å². The average Bonchev–Trinajstić information content (AvgIpc) is 2.88. The van der Waals surface area contributed by atoms with Crippen molar-refractivity contribution in [3.05, 3.63) is 27.0 Å². The summed E-state index contributed by atoms with van der Waals surface area (Å²) in [7, 11) is -1.46. The summed E-state index contributed by atoms with van der Waals surface area (Å²) in [6, 6.07) is -0.0853. The van der Waals surface area contributed by atoms with E-state index in [1.54, 1.807) is 0 Å². The number of carbonyl (C=O) groups excluding carboxylic acids is 2. The first-order valence-electron chi connectivity index (χ1n) is 14.1. The van der Waals surface area contributed by atoms with E-state index in [1.807, 2.05) is 4.90 Å². The van der Waals surface area contributed by atoms with E-state index >= 15 is 0 Å². The molecule has 0 aliphatic carbocycles. The van der Waals surface area contributed by atoms with Crippen LogP contribution in [-0.4, -0.2) is 70.3 Å². The van der Waals surface area contributed by atoms with Crippen LogP contribution in [0.2, 0.25) is 0 Å². The maximum atomic E-state index is 13.7. The lowest BCUT2D eigenvalue weighted by Crippen LogP contribution is -2.60. The second-order valence-electron chi connectivity index (χ2n) is 12.2. The predicted octanol–water partition coefficient (Wildman–Crippen LogP) is 1.05. The van der Waals surface area contributed by atoms with Crippen LogP contribution in [0.1, 0.15) is 65.7 Å². The van der Waals surface area contributed by atoms with Gasteiger partial charge >= 0.3 is 5.69 Å². The molecule has 1 aromatic heterocycles. The second-order valence-corrected chi connectivity index (χ2v) is 14.2. The summed E-state index contributed by atoms with van der Waals surface area (Å²) in [5.41, 5.74) is -1.43. The van der Waals surface area contributed by atoms with Crippen LogP contribution in [-0.2, 0) is 33.7 Å². The minimum Gasteiger partial charge on any atom is -0.353 e. The molecule has 3 fully saturated rings. The molecule has 4 rings (SSSR count). The zero-order valence-electron chi connectivity index (χ0n) is 23.8. The molecule has 0 saturated carbocycles. The van der Waals surface area contributed by atoms with Gasteiger partial charge in [0, 0.05) is 64.9 Å². The summed E-state index contributed by atoms with van der Waals surface area (Å²) in [5.74, 6) is 0.464. The number of amides is 2. The number of hydrogen-bond acceptors (Lipinski definition) is 6. The van der Waals surface area contributed by atoms with Gasteiger partial charge in [0.05, 0.1) is 0 Å². The van der Waals surface area contributed by atoms with Crippen molar-refractivity contribution in [2.75, 3.05) is 19.6 Å². The Labute approximate surface area is 230 Å². The molecule has 3 aliphatic heterocycles. The van der Waals surface area contributed by atoms with Gasteiger partial charge in [0.25, 0.3) is 5.56 Å². The summed E-state index contributed by atoms with van der Waals surface area (Å²) in [6.07, 6.45) is 5.61. The maximum Gasteiger partial charge on any atom is 0.330 e. The number of aryl methyl sites for hydroxylation is 1. The highest BCUT2D eigenvalue weighted by Crippen LogP contribution is 2.38. The Morgan fingerprint density at radius 3 is 2.41 bits per heavy atom. The van der Waals surface area contributed by atoms with E-state index in [-0.39, 0.29) is 54.7 Å². The molecule has 4 heterocycles. The lowest BCUT2D eigenvalue weighted by atomic mass is 9.78. The zero-order chi connectivity index (χ0) is 28.6. The van der Waals surface area contributed by atoms with Crippen LogP contribution in [0.15, 0.2) is 20.7 Å². The Balaban J connectivity index is 1.59. The number of sulfonamides is 1. The topological polar surface area (TPSA) is 131 Å². The molecule has 12 heteroatoms. The Bertz CT molecular complexity index is 1320. The van der Waals surface area contributed by atoms with Crippen molar-refractivity contribution in [1.29, 1.82) is 0 Å². The van der Waals surface area contributed by atoms with Crippen molar-refractivity contribution in [3.63, 3.8) is 0 Å². The van der Waals surface area contributed by atoms with Crippen LogP contribution in [0.3, 0.4) is 0 Å². The highest BCUT2D eigenvalue weighted by atomic mass is 32.2. The molecular formula is C27H43N5O6S. The third kappa shape index (κ3) is 6.16. The molecule has 5 atom stereocenters. The molecule has 39 heavy (non-hydrogen) atoms. The molecule has 2 bridgehead atoms. The number of aromatic nitrogens is 2. The second kappa shape index (κ2) is 11.6. The van der Waals surface area contributed by atoms with E-state index in [9.17, 15) is 27.6 Å².